The Labute approximate surface area is 110 Å². The van der Waals surface area contributed by atoms with Crippen LogP contribution in [0, 0.1) is 6.92 Å². The summed E-state index contributed by atoms with van der Waals surface area (Å²) in [5.74, 6) is 0.0312. The highest BCUT2D eigenvalue weighted by molar-refractivity contribution is 9.10. The molecule has 0 aliphatic carbocycles. The Hall–Kier alpha value is -0.870. The summed E-state index contributed by atoms with van der Waals surface area (Å²) in [6.07, 6.45) is 2.19. The Bertz CT molecular complexity index is 414. The van der Waals surface area contributed by atoms with E-state index in [-0.39, 0.29) is 11.9 Å². The smallest absolute Gasteiger partial charge is 0.251 e. The first kappa shape index (κ1) is 12.6. The number of aryl methyl sites for hydroxylation is 1. The van der Waals surface area contributed by atoms with Crippen LogP contribution in [-0.4, -0.2) is 25.0 Å². The standard InChI is InChI=1S/C13H17BrN2O/c1-9-7-10(14)4-5-12(9)13(17)16-11-3-2-6-15-8-11/h4-5,7,11,15H,2-3,6,8H2,1H3,(H,16,17)/t11-/m0/s1. The Morgan fingerprint density at radius 2 is 2.35 bits per heavy atom. The summed E-state index contributed by atoms with van der Waals surface area (Å²) in [7, 11) is 0. The molecule has 1 fully saturated rings. The molecule has 0 radical (unpaired) electrons. The van der Waals surface area contributed by atoms with E-state index in [1.165, 1.54) is 0 Å². The SMILES string of the molecule is Cc1cc(Br)ccc1C(=O)N[C@H]1CCCNC1. The van der Waals surface area contributed by atoms with Crippen LogP contribution >= 0.6 is 15.9 Å². The zero-order chi connectivity index (χ0) is 12.3. The van der Waals surface area contributed by atoms with Crippen molar-refractivity contribution in [2.24, 2.45) is 0 Å². The minimum Gasteiger partial charge on any atom is -0.348 e. The molecule has 4 heteroatoms. The monoisotopic (exact) mass is 296 g/mol. The fourth-order valence-electron chi connectivity index (χ4n) is 2.12. The molecule has 0 aromatic heterocycles. The zero-order valence-electron chi connectivity index (χ0n) is 9.92. The normalized spacial score (nSPS) is 20.0. The molecule has 2 rings (SSSR count). The number of hydrogen-bond acceptors (Lipinski definition) is 2. The van der Waals surface area contributed by atoms with Gasteiger partial charge in [-0.1, -0.05) is 15.9 Å². The number of amides is 1. The van der Waals surface area contributed by atoms with Crippen molar-refractivity contribution in [1.82, 2.24) is 10.6 Å². The predicted molar refractivity (Wildman–Crippen MR) is 72.2 cm³/mol. The number of piperidine rings is 1. The van der Waals surface area contributed by atoms with Crippen molar-refractivity contribution in [3.63, 3.8) is 0 Å². The van der Waals surface area contributed by atoms with Crippen molar-refractivity contribution >= 4 is 21.8 Å². The maximum Gasteiger partial charge on any atom is 0.251 e. The summed E-state index contributed by atoms with van der Waals surface area (Å²) in [4.78, 5) is 12.1. The van der Waals surface area contributed by atoms with Crippen LogP contribution in [0.5, 0.6) is 0 Å². The summed E-state index contributed by atoms with van der Waals surface area (Å²) in [6, 6.07) is 6.00. The number of carbonyl (C=O) groups is 1. The second-order valence-electron chi connectivity index (χ2n) is 4.48. The van der Waals surface area contributed by atoms with Crippen LogP contribution in [0.1, 0.15) is 28.8 Å². The average molecular weight is 297 g/mol. The molecule has 17 heavy (non-hydrogen) atoms. The van der Waals surface area contributed by atoms with Crippen LogP contribution < -0.4 is 10.6 Å². The Balaban J connectivity index is 2.03. The molecular formula is C13H17BrN2O. The molecule has 0 spiro atoms. The fraction of sp³-hybridized carbons (Fsp3) is 0.462. The minimum absolute atomic E-state index is 0.0312. The van der Waals surface area contributed by atoms with E-state index < -0.39 is 0 Å². The van der Waals surface area contributed by atoms with Gasteiger partial charge in [0.25, 0.3) is 5.91 Å². The van der Waals surface area contributed by atoms with E-state index in [1.807, 2.05) is 25.1 Å². The molecule has 1 heterocycles. The maximum atomic E-state index is 12.1. The van der Waals surface area contributed by atoms with Gasteiger partial charge in [0.2, 0.25) is 0 Å². The van der Waals surface area contributed by atoms with Gasteiger partial charge in [-0.3, -0.25) is 4.79 Å². The largest absolute Gasteiger partial charge is 0.348 e. The molecule has 1 amide bonds. The molecule has 2 N–H and O–H groups in total. The molecule has 1 aliphatic rings. The van der Waals surface area contributed by atoms with Crippen molar-refractivity contribution < 1.29 is 4.79 Å². The highest BCUT2D eigenvalue weighted by atomic mass is 79.9. The highest BCUT2D eigenvalue weighted by Crippen LogP contribution is 2.16. The number of hydrogen-bond donors (Lipinski definition) is 2. The van der Waals surface area contributed by atoms with Gasteiger partial charge in [0, 0.05) is 22.6 Å². The maximum absolute atomic E-state index is 12.1. The Morgan fingerprint density at radius 1 is 1.53 bits per heavy atom. The first-order valence-electron chi connectivity index (χ1n) is 5.94. The highest BCUT2D eigenvalue weighted by Gasteiger charge is 2.17. The van der Waals surface area contributed by atoms with Crippen molar-refractivity contribution in [2.45, 2.75) is 25.8 Å². The number of carbonyl (C=O) groups excluding carboxylic acids is 1. The lowest BCUT2D eigenvalue weighted by atomic mass is 10.1. The van der Waals surface area contributed by atoms with Crippen molar-refractivity contribution in [3.05, 3.63) is 33.8 Å². The lowest BCUT2D eigenvalue weighted by molar-refractivity contribution is 0.0930. The van der Waals surface area contributed by atoms with Gasteiger partial charge < -0.3 is 10.6 Å². The van der Waals surface area contributed by atoms with Crippen molar-refractivity contribution in [1.29, 1.82) is 0 Å². The third-order valence-corrected chi connectivity index (χ3v) is 3.56. The Morgan fingerprint density at radius 3 is 3.00 bits per heavy atom. The number of nitrogens with one attached hydrogen (secondary N) is 2. The van der Waals surface area contributed by atoms with Crippen LogP contribution in [0.25, 0.3) is 0 Å². The molecule has 0 bridgehead atoms. The first-order valence-corrected chi connectivity index (χ1v) is 6.74. The van der Waals surface area contributed by atoms with E-state index >= 15 is 0 Å². The first-order chi connectivity index (χ1) is 8.16. The summed E-state index contributed by atoms with van der Waals surface area (Å²) >= 11 is 3.40. The second-order valence-corrected chi connectivity index (χ2v) is 5.39. The third kappa shape index (κ3) is 3.30. The third-order valence-electron chi connectivity index (χ3n) is 3.07. The molecule has 92 valence electrons. The van der Waals surface area contributed by atoms with E-state index in [4.69, 9.17) is 0 Å². The van der Waals surface area contributed by atoms with Gasteiger partial charge in [-0.05, 0) is 50.1 Å². The van der Waals surface area contributed by atoms with Gasteiger partial charge in [0.1, 0.15) is 0 Å². The van der Waals surface area contributed by atoms with Crippen molar-refractivity contribution in [2.75, 3.05) is 13.1 Å². The minimum atomic E-state index is 0.0312. The Kier molecular flexibility index (Phi) is 4.18. The van der Waals surface area contributed by atoms with Gasteiger partial charge in [0.05, 0.1) is 0 Å². The lowest BCUT2D eigenvalue weighted by Gasteiger charge is -2.24. The predicted octanol–water partition coefficient (Wildman–Crippen LogP) is 2.24. The molecule has 3 nitrogen and oxygen atoms in total. The molecule has 1 aromatic rings. The van der Waals surface area contributed by atoms with E-state index in [9.17, 15) is 4.79 Å². The molecule has 1 aromatic carbocycles. The van der Waals surface area contributed by atoms with Gasteiger partial charge in [-0.15, -0.1) is 0 Å². The van der Waals surface area contributed by atoms with E-state index in [0.717, 1.165) is 41.5 Å². The van der Waals surface area contributed by atoms with Gasteiger partial charge in [-0.25, -0.2) is 0 Å². The van der Waals surface area contributed by atoms with Crippen LogP contribution in [0.3, 0.4) is 0 Å². The van der Waals surface area contributed by atoms with Crippen LogP contribution in [-0.2, 0) is 0 Å². The quantitative estimate of drug-likeness (QED) is 0.879. The summed E-state index contributed by atoms with van der Waals surface area (Å²) < 4.78 is 1.01. The summed E-state index contributed by atoms with van der Waals surface area (Å²) in [5.41, 5.74) is 1.76. The van der Waals surface area contributed by atoms with Gasteiger partial charge in [0.15, 0.2) is 0 Å². The molecule has 1 saturated heterocycles. The molecule has 0 saturated carbocycles. The fourth-order valence-corrected chi connectivity index (χ4v) is 2.60. The van der Waals surface area contributed by atoms with Gasteiger partial charge >= 0.3 is 0 Å². The summed E-state index contributed by atoms with van der Waals surface area (Å²) in [5, 5.41) is 6.37. The molecular weight excluding hydrogens is 280 g/mol. The zero-order valence-corrected chi connectivity index (χ0v) is 11.5. The number of benzene rings is 1. The van der Waals surface area contributed by atoms with Crippen LogP contribution in [0.2, 0.25) is 0 Å². The molecule has 0 unspecified atom stereocenters. The van der Waals surface area contributed by atoms with Crippen LogP contribution in [0.4, 0.5) is 0 Å². The number of rotatable bonds is 2. The topological polar surface area (TPSA) is 41.1 Å². The average Bonchev–Trinajstić information content (AvgIpc) is 2.30. The van der Waals surface area contributed by atoms with Gasteiger partial charge in [-0.2, -0.15) is 0 Å². The van der Waals surface area contributed by atoms with E-state index in [1.54, 1.807) is 0 Å². The van der Waals surface area contributed by atoms with E-state index in [2.05, 4.69) is 26.6 Å². The van der Waals surface area contributed by atoms with E-state index in [0.29, 0.717) is 0 Å². The number of halogens is 1. The lowest BCUT2D eigenvalue weighted by Crippen LogP contribution is -2.45. The summed E-state index contributed by atoms with van der Waals surface area (Å²) in [6.45, 7) is 3.89. The molecule has 1 atom stereocenters. The molecule has 1 aliphatic heterocycles. The van der Waals surface area contributed by atoms with Crippen LogP contribution in [0.15, 0.2) is 22.7 Å². The second kappa shape index (κ2) is 5.65. The van der Waals surface area contributed by atoms with Crippen molar-refractivity contribution in [3.8, 4) is 0 Å².